The Morgan fingerprint density at radius 2 is 2.06 bits per heavy atom. The summed E-state index contributed by atoms with van der Waals surface area (Å²) in [5, 5.41) is 18.5. The Kier molecular flexibility index (Phi) is 4.71. The van der Waals surface area contributed by atoms with Crippen LogP contribution in [0.2, 0.25) is 0 Å². The van der Waals surface area contributed by atoms with Crippen LogP contribution in [0.4, 0.5) is 4.39 Å². The predicted octanol–water partition coefficient (Wildman–Crippen LogP) is 2.03. The molecule has 1 aromatic carbocycles. The Balaban J connectivity index is 2.66. The third-order valence-electron chi connectivity index (χ3n) is 2.34. The summed E-state index contributed by atoms with van der Waals surface area (Å²) in [7, 11) is 0. The minimum atomic E-state index is -0.838. The molecule has 16 heavy (non-hydrogen) atoms. The highest BCUT2D eigenvalue weighted by molar-refractivity contribution is 5.30. The molecule has 0 spiro atoms. The molecule has 2 N–H and O–H groups in total. The Labute approximate surface area is 94.5 Å². The van der Waals surface area contributed by atoms with Gasteiger partial charge in [0.2, 0.25) is 0 Å². The maximum Gasteiger partial charge on any atom is 0.132 e. The van der Waals surface area contributed by atoms with Gasteiger partial charge in [0.15, 0.2) is 0 Å². The zero-order valence-corrected chi connectivity index (χ0v) is 9.48. The zero-order chi connectivity index (χ0) is 12.1. The number of hydrogen-bond donors (Lipinski definition) is 2. The Morgan fingerprint density at radius 1 is 1.38 bits per heavy atom. The van der Waals surface area contributed by atoms with Gasteiger partial charge >= 0.3 is 0 Å². The number of ether oxygens (including phenoxy) is 1. The van der Waals surface area contributed by atoms with E-state index in [9.17, 15) is 14.6 Å². The predicted molar refractivity (Wildman–Crippen MR) is 58.8 cm³/mol. The number of aliphatic hydroxyl groups is 2. The smallest absolute Gasteiger partial charge is 0.132 e. The Bertz CT molecular complexity index is 339. The molecule has 0 aliphatic carbocycles. The molecule has 0 fully saturated rings. The Morgan fingerprint density at radius 3 is 2.56 bits per heavy atom. The molecule has 90 valence electrons. The fourth-order valence-corrected chi connectivity index (χ4v) is 1.25. The highest BCUT2D eigenvalue weighted by Gasteiger charge is 2.09. The molecule has 1 unspecified atom stereocenters. The van der Waals surface area contributed by atoms with Gasteiger partial charge < -0.3 is 14.9 Å². The molecule has 0 heterocycles. The molecule has 3 nitrogen and oxygen atoms in total. The van der Waals surface area contributed by atoms with E-state index in [1.54, 1.807) is 6.07 Å². The average molecular weight is 228 g/mol. The van der Waals surface area contributed by atoms with E-state index < -0.39 is 18.0 Å². The van der Waals surface area contributed by atoms with Crippen LogP contribution < -0.4 is 4.74 Å². The van der Waals surface area contributed by atoms with Crippen molar-refractivity contribution in [3.8, 4) is 5.75 Å². The number of rotatable bonds is 5. The molecule has 0 aromatic heterocycles. The van der Waals surface area contributed by atoms with Crippen molar-refractivity contribution >= 4 is 0 Å². The van der Waals surface area contributed by atoms with Crippen molar-refractivity contribution in [2.75, 3.05) is 6.61 Å². The van der Waals surface area contributed by atoms with E-state index in [1.807, 2.05) is 6.92 Å². The SMILES string of the molecule is CCC(O)COc1ccc([C@@H](C)O)c(F)c1. The van der Waals surface area contributed by atoms with Crippen LogP contribution in [0.1, 0.15) is 31.9 Å². The Hall–Kier alpha value is -1.13. The average Bonchev–Trinajstić information content (AvgIpc) is 2.25. The molecule has 1 aromatic rings. The van der Waals surface area contributed by atoms with Gasteiger partial charge in [-0.2, -0.15) is 0 Å². The lowest BCUT2D eigenvalue weighted by molar-refractivity contribution is 0.104. The van der Waals surface area contributed by atoms with Gasteiger partial charge in [-0.25, -0.2) is 4.39 Å². The molecule has 0 bridgehead atoms. The maximum absolute atomic E-state index is 13.4. The van der Waals surface area contributed by atoms with Gasteiger partial charge in [0, 0.05) is 11.6 Å². The van der Waals surface area contributed by atoms with Crippen molar-refractivity contribution in [2.24, 2.45) is 0 Å². The zero-order valence-electron chi connectivity index (χ0n) is 9.48. The molecular weight excluding hydrogens is 211 g/mol. The summed E-state index contributed by atoms with van der Waals surface area (Å²) < 4.78 is 18.6. The van der Waals surface area contributed by atoms with Crippen LogP contribution in [0.25, 0.3) is 0 Å². The third kappa shape index (κ3) is 3.47. The van der Waals surface area contributed by atoms with Gasteiger partial charge in [-0.3, -0.25) is 0 Å². The molecular formula is C12H17FO3. The highest BCUT2D eigenvalue weighted by atomic mass is 19.1. The molecule has 0 saturated heterocycles. The van der Waals surface area contributed by atoms with E-state index in [2.05, 4.69) is 0 Å². The molecule has 0 amide bonds. The third-order valence-corrected chi connectivity index (χ3v) is 2.34. The normalized spacial score (nSPS) is 14.6. The summed E-state index contributed by atoms with van der Waals surface area (Å²) in [5.41, 5.74) is 0.239. The summed E-state index contributed by atoms with van der Waals surface area (Å²) in [6.45, 7) is 3.48. The topological polar surface area (TPSA) is 49.7 Å². The first-order valence-electron chi connectivity index (χ1n) is 5.33. The van der Waals surface area contributed by atoms with Crippen molar-refractivity contribution in [2.45, 2.75) is 32.5 Å². The van der Waals surface area contributed by atoms with Gasteiger partial charge in [0.1, 0.15) is 18.2 Å². The fraction of sp³-hybridized carbons (Fsp3) is 0.500. The van der Waals surface area contributed by atoms with Crippen molar-refractivity contribution in [3.05, 3.63) is 29.6 Å². The van der Waals surface area contributed by atoms with Gasteiger partial charge in [0.25, 0.3) is 0 Å². The standard InChI is InChI=1S/C12H17FO3/c1-3-9(15)7-16-10-4-5-11(8(2)14)12(13)6-10/h4-6,8-9,14-15H,3,7H2,1-2H3/t8-,9?/m1/s1. The molecule has 0 saturated carbocycles. The number of halogens is 1. The summed E-state index contributed by atoms with van der Waals surface area (Å²) in [6, 6.07) is 4.27. The lowest BCUT2D eigenvalue weighted by Crippen LogP contribution is -2.16. The van der Waals surface area contributed by atoms with Crippen LogP contribution in [0.15, 0.2) is 18.2 Å². The van der Waals surface area contributed by atoms with Crippen LogP contribution in [0.3, 0.4) is 0 Å². The molecule has 2 atom stereocenters. The van der Waals surface area contributed by atoms with E-state index >= 15 is 0 Å². The van der Waals surface area contributed by atoms with Gasteiger partial charge in [-0.05, 0) is 25.5 Å². The minimum absolute atomic E-state index is 0.143. The number of benzene rings is 1. The maximum atomic E-state index is 13.4. The van der Waals surface area contributed by atoms with Crippen LogP contribution in [0.5, 0.6) is 5.75 Å². The van der Waals surface area contributed by atoms with Crippen LogP contribution >= 0.6 is 0 Å². The molecule has 1 rings (SSSR count). The highest BCUT2D eigenvalue weighted by Crippen LogP contribution is 2.21. The molecule has 0 aliphatic rings. The van der Waals surface area contributed by atoms with Crippen LogP contribution in [0, 0.1) is 5.82 Å². The first-order chi connectivity index (χ1) is 7.54. The van der Waals surface area contributed by atoms with Crippen molar-refractivity contribution in [1.29, 1.82) is 0 Å². The van der Waals surface area contributed by atoms with Crippen LogP contribution in [-0.2, 0) is 0 Å². The van der Waals surface area contributed by atoms with E-state index in [1.165, 1.54) is 19.1 Å². The lowest BCUT2D eigenvalue weighted by atomic mass is 10.1. The van der Waals surface area contributed by atoms with E-state index in [4.69, 9.17) is 4.74 Å². The van der Waals surface area contributed by atoms with Gasteiger partial charge in [-0.15, -0.1) is 0 Å². The first-order valence-corrected chi connectivity index (χ1v) is 5.33. The van der Waals surface area contributed by atoms with Crippen LogP contribution in [-0.4, -0.2) is 22.9 Å². The van der Waals surface area contributed by atoms with E-state index in [0.29, 0.717) is 12.2 Å². The number of hydrogen-bond acceptors (Lipinski definition) is 3. The molecule has 4 heteroatoms. The van der Waals surface area contributed by atoms with E-state index in [0.717, 1.165) is 0 Å². The second kappa shape index (κ2) is 5.82. The summed E-state index contributed by atoms with van der Waals surface area (Å²) in [5.74, 6) is -0.145. The van der Waals surface area contributed by atoms with Crippen molar-refractivity contribution < 1.29 is 19.3 Å². The molecule has 0 radical (unpaired) electrons. The second-order valence-electron chi connectivity index (χ2n) is 3.73. The minimum Gasteiger partial charge on any atom is -0.491 e. The first kappa shape index (κ1) is 12.9. The van der Waals surface area contributed by atoms with Crippen molar-refractivity contribution in [3.63, 3.8) is 0 Å². The largest absolute Gasteiger partial charge is 0.491 e. The molecule has 0 aliphatic heterocycles. The van der Waals surface area contributed by atoms with Crippen molar-refractivity contribution in [1.82, 2.24) is 0 Å². The monoisotopic (exact) mass is 228 g/mol. The van der Waals surface area contributed by atoms with E-state index in [-0.39, 0.29) is 12.2 Å². The lowest BCUT2D eigenvalue weighted by Gasteiger charge is -2.12. The summed E-state index contributed by atoms with van der Waals surface area (Å²) >= 11 is 0. The van der Waals surface area contributed by atoms with Gasteiger partial charge in [0.05, 0.1) is 12.2 Å². The van der Waals surface area contributed by atoms with Gasteiger partial charge in [-0.1, -0.05) is 6.92 Å². The summed E-state index contributed by atoms with van der Waals surface area (Å²) in [6.07, 6.45) is -0.788. The summed E-state index contributed by atoms with van der Waals surface area (Å²) in [4.78, 5) is 0. The second-order valence-corrected chi connectivity index (χ2v) is 3.73. The fourth-order valence-electron chi connectivity index (χ4n) is 1.25. The quantitative estimate of drug-likeness (QED) is 0.810. The number of aliphatic hydroxyl groups excluding tert-OH is 2.